The summed E-state index contributed by atoms with van der Waals surface area (Å²) in [5.74, 6) is 1.74. The molecule has 1 aliphatic carbocycles. The number of hydrogen-bond acceptors (Lipinski definition) is 4. The van der Waals surface area contributed by atoms with E-state index in [1.807, 2.05) is 0 Å². The van der Waals surface area contributed by atoms with Gasteiger partial charge in [-0.25, -0.2) is 8.42 Å². The average Bonchev–Trinajstić information content (AvgIpc) is 2.71. The second-order valence-corrected chi connectivity index (χ2v) is 10.2. The number of rotatable bonds is 5. The van der Waals surface area contributed by atoms with Gasteiger partial charge in [-0.2, -0.15) is 4.31 Å². The van der Waals surface area contributed by atoms with Crippen LogP contribution in [0.2, 0.25) is 0 Å². The molecular weight excluding hydrogens is 376 g/mol. The standard InChI is InChI=1S/C21H32N2O4S/c1-15-5-4-6-20(16(15)2)22-21(24)17-11-13-23(14-12-17)28(25,26)19-9-7-18(27-3)8-10-19/h7-10,15-17,20H,4-6,11-14H2,1-3H3,(H,22,24)/t15-,16-,20-/m1/s1. The summed E-state index contributed by atoms with van der Waals surface area (Å²) in [6.45, 7) is 5.23. The molecule has 1 aromatic rings. The maximum Gasteiger partial charge on any atom is 0.243 e. The zero-order valence-electron chi connectivity index (χ0n) is 17.1. The number of benzene rings is 1. The predicted molar refractivity (Wildman–Crippen MR) is 109 cm³/mol. The summed E-state index contributed by atoms with van der Waals surface area (Å²) in [5, 5.41) is 3.25. The summed E-state index contributed by atoms with van der Waals surface area (Å²) in [6.07, 6.45) is 4.57. The number of ether oxygens (including phenoxy) is 1. The van der Waals surface area contributed by atoms with Crippen LogP contribution in [0.4, 0.5) is 0 Å². The van der Waals surface area contributed by atoms with Crippen LogP contribution in [0, 0.1) is 17.8 Å². The number of carbonyl (C=O) groups is 1. The van der Waals surface area contributed by atoms with E-state index in [0.717, 1.165) is 12.8 Å². The van der Waals surface area contributed by atoms with Gasteiger partial charge in [0.15, 0.2) is 0 Å². The first-order chi connectivity index (χ1) is 13.3. The van der Waals surface area contributed by atoms with Gasteiger partial charge in [0.1, 0.15) is 5.75 Å². The van der Waals surface area contributed by atoms with Gasteiger partial charge in [-0.15, -0.1) is 0 Å². The van der Waals surface area contributed by atoms with Gasteiger partial charge in [-0.05, 0) is 55.4 Å². The third kappa shape index (κ3) is 4.51. The first-order valence-corrected chi connectivity index (χ1v) is 11.7. The summed E-state index contributed by atoms with van der Waals surface area (Å²) in [6, 6.07) is 6.69. The predicted octanol–water partition coefficient (Wildman–Crippen LogP) is 3.04. The number of methoxy groups -OCH3 is 1. The molecule has 2 aliphatic rings. The van der Waals surface area contributed by atoms with Crippen molar-refractivity contribution in [3.63, 3.8) is 0 Å². The number of sulfonamides is 1. The zero-order chi connectivity index (χ0) is 20.3. The van der Waals surface area contributed by atoms with Crippen molar-refractivity contribution in [2.75, 3.05) is 20.2 Å². The van der Waals surface area contributed by atoms with Crippen molar-refractivity contribution in [1.29, 1.82) is 0 Å². The summed E-state index contributed by atoms with van der Waals surface area (Å²) in [5.41, 5.74) is 0. The summed E-state index contributed by atoms with van der Waals surface area (Å²) in [7, 11) is -1.98. The molecule has 1 saturated heterocycles. The van der Waals surface area contributed by atoms with Crippen LogP contribution in [0.5, 0.6) is 5.75 Å². The maximum absolute atomic E-state index is 12.8. The lowest BCUT2D eigenvalue weighted by molar-refractivity contribution is -0.127. The van der Waals surface area contributed by atoms with Gasteiger partial charge in [0.2, 0.25) is 15.9 Å². The number of nitrogens with zero attached hydrogens (tertiary/aromatic N) is 1. The molecule has 1 aromatic carbocycles. The average molecular weight is 409 g/mol. The minimum Gasteiger partial charge on any atom is -0.497 e. The van der Waals surface area contributed by atoms with E-state index >= 15 is 0 Å². The molecule has 0 aromatic heterocycles. The summed E-state index contributed by atoms with van der Waals surface area (Å²) in [4.78, 5) is 13.0. The van der Waals surface area contributed by atoms with Crippen molar-refractivity contribution < 1.29 is 17.9 Å². The van der Waals surface area contributed by atoms with E-state index in [2.05, 4.69) is 19.2 Å². The van der Waals surface area contributed by atoms with E-state index in [0.29, 0.717) is 43.5 Å². The van der Waals surface area contributed by atoms with Crippen LogP contribution < -0.4 is 10.1 Å². The Hall–Kier alpha value is -1.60. The molecular formula is C21H32N2O4S. The molecule has 156 valence electrons. The molecule has 0 spiro atoms. The molecule has 1 saturated carbocycles. The van der Waals surface area contributed by atoms with Gasteiger partial charge < -0.3 is 10.1 Å². The van der Waals surface area contributed by atoms with Gasteiger partial charge in [-0.1, -0.05) is 26.7 Å². The lowest BCUT2D eigenvalue weighted by atomic mass is 9.78. The van der Waals surface area contributed by atoms with Gasteiger partial charge in [0.25, 0.3) is 0 Å². The van der Waals surface area contributed by atoms with E-state index in [-0.39, 0.29) is 22.8 Å². The molecule has 2 fully saturated rings. The highest BCUT2D eigenvalue weighted by molar-refractivity contribution is 7.89. The fourth-order valence-electron chi connectivity index (χ4n) is 4.34. The highest BCUT2D eigenvalue weighted by Gasteiger charge is 2.34. The van der Waals surface area contributed by atoms with Crippen LogP contribution in [0.15, 0.2) is 29.2 Å². The summed E-state index contributed by atoms with van der Waals surface area (Å²) < 4.78 is 32.3. The van der Waals surface area contributed by atoms with Crippen LogP contribution in [-0.4, -0.2) is 44.9 Å². The van der Waals surface area contributed by atoms with Gasteiger partial charge in [0.05, 0.1) is 12.0 Å². The molecule has 0 radical (unpaired) electrons. The number of amides is 1. The topological polar surface area (TPSA) is 75.7 Å². The van der Waals surface area contributed by atoms with E-state index in [4.69, 9.17) is 4.74 Å². The van der Waals surface area contributed by atoms with Gasteiger partial charge >= 0.3 is 0 Å². The fraction of sp³-hybridized carbons (Fsp3) is 0.667. The molecule has 1 N–H and O–H groups in total. The minimum atomic E-state index is -3.53. The van der Waals surface area contributed by atoms with Crippen LogP contribution in [0.3, 0.4) is 0 Å². The molecule has 0 unspecified atom stereocenters. The molecule has 1 aliphatic heterocycles. The Morgan fingerprint density at radius 3 is 2.32 bits per heavy atom. The smallest absolute Gasteiger partial charge is 0.243 e. The van der Waals surface area contributed by atoms with Crippen LogP contribution in [0.1, 0.15) is 46.0 Å². The Bertz CT molecular complexity index is 770. The van der Waals surface area contributed by atoms with Crippen molar-refractivity contribution in [3.8, 4) is 5.75 Å². The third-order valence-electron chi connectivity index (χ3n) is 6.56. The van der Waals surface area contributed by atoms with Crippen molar-refractivity contribution in [2.24, 2.45) is 17.8 Å². The largest absolute Gasteiger partial charge is 0.497 e. The molecule has 28 heavy (non-hydrogen) atoms. The normalized spacial score (nSPS) is 27.3. The van der Waals surface area contributed by atoms with Crippen molar-refractivity contribution in [1.82, 2.24) is 9.62 Å². The highest BCUT2D eigenvalue weighted by atomic mass is 32.2. The number of hydrogen-bond donors (Lipinski definition) is 1. The Kier molecular flexibility index (Phi) is 6.65. The number of nitrogens with one attached hydrogen (secondary N) is 1. The molecule has 0 bridgehead atoms. The fourth-order valence-corrected chi connectivity index (χ4v) is 5.81. The van der Waals surface area contributed by atoms with Crippen molar-refractivity contribution in [3.05, 3.63) is 24.3 Å². The Morgan fingerprint density at radius 2 is 1.71 bits per heavy atom. The SMILES string of the molecule is COc1ccc(S(=O)(=O)N2CCC(C(=O)N[C@@H]3CCC[C@@H](C)[C@H]3C)CC2)cc1. The second kappa shape index (κ2) is 8.82. The number of carbonyl (C=O) groups excluding carboxylic acids is 1. The third-order valence-corrected chi connectivity index (χ3v) is 8.47. The van der Waals surface area contributed by atoms with Gasteiger partial charge in [0, 0.05) is 25.0 Å². The molecule has 1 amide bonds. The van der Waals surface area contributed by atoms with E-state index < -0.39 is 10.0 Å². The van der Waals surface area contributed by atoms with Crippen molar-refractivity contribution >= 4 is 15.9 Å². The second-order valence-electron chi connectivity index (χ2n) is 8.24. The minimum absolute atomic E-state index is 0.0902. The monoisotopic (exact) mass is 408 g/mol. The quantitative estimate of drug-likeness (QED) is 0.813. The first kappa shape index (κ1) is 21.1. The van der Waals surface area contributed by atoms with E-state index in [1.165, 1.54) is 10.7 Å². The van der Waals surface area contributed by atoms with Crippen molar-refractivity contribution in [2.45, 2.75) is 56.9 Å². The lowest BCUT2D eigenvalue weighted by Gasteiger charge is -2.36. The number of piperidine rings is 1. The Labute approximate surface area is 168 Å². The van der Waals surface area contributed by atoms with E-state index in [9.17, 15) is 13.2 Å². The summed E-state index contributed by atoms with van der Waals surface area (Å²) >= 11 is 0. The first-order valence-electron chi connectivity index (χ1n) is 10.3. The molecule has 3 rings (SSSR count). The maximum atomic E-state index is 12.8. The van der Waals surface area contributed by atoms with Crippen LogP contribution >= 0.6 is 0 Å². The lowest BCUT2D eigenvalue weighted by Crippen LogP contribution is -2.48. The Morgan fingerprint density at radius 1 is 1.07 bits per heavy atom. The molecule has 1 heterocycles. The van der Waals surface area contributed by atoms with E-state index in [1.54, 1.807) is 31.4 Å². The van der Waals surface area contributed by atoms with Gasteiger partial charge in [-0.3, -0.25) is 4.79 Å². The molecule has 3 atom stereocenters. The molecule has 6 nitrogen and oxygen atoms in total. The zero-order valence-corrected chi connectivity index (χ0v) is 17.9. The Balaban J connectivity index is 1.56. The highest BCUT2D eigenvalue weighted by Crippen LogP contribution is 2.30. The van der Waals surface area contributed by atoms with Crippen LogP contribution in [0.25, 0.3) is 0 Å². The van der Waals surface area contributed by atoms with Crippen LogP contribution in [-0.2, 0) is 14.8 Å². The molecule has 7 heteroatoms.